The molecule has 0 aliphatic rings. The Morgan fingerprint density at radius 1 is 1.35 bits per heavy atom. The van der Waals surface area contributed by atoms with Gasteiger partial charge in [-0.15, -0.1) is 0 Å². The maximum atomic E-state index is 11.8. The number of hydrogen-bond donors (Lipinski definition) is 1. The lowest BCUT2D eigenvalue weighted by Gasteiger charge is -2.11. The molecule has 1 aromatic rings. The van der Waals surface area contributed by atoms with Crippen molar-refractivity contribution in [1.29, 1.82) is 0 Å². The molecule has 1 aromatic carbocycles. The summed E-state index contributed by atoms with van der Waals surface area (Å²) < 4.78 is 27.6. The highest BCUT2D eigenvalue weighted by Crippen LogP contribution is 2.21. The van der Waals surface area contributed by atoms with Crippen LogP contribution in [-0.4, -0.2) is 45.9 Å². The van der Waals surface area contributed by atoms with E-state index in [9.17, 15) is 18.0 Å². The SMILES string of the molecule is CN(C)C(=O)COC(=O)c1cc(S(N)(=O)=O)ccc1Br. The summed E-state index contributed by atoms with van der Waals surface area (Å²) in [5.41, 5.74) is -0.0249. The zero-order valence-corrected chi connectivity index (χ0v) is 13.2. The third-order valence-corrected chi connectivity index (χ3v) is 3.91. The fourth-order valence-corrected chi connectivity index (χ4v) is 2.12. The lowest BCUT2D eigenvalue weighted by Crippen LogP contribution is -2.27. The zero-order chi connectivity index (χ0) is 15.5. The highest BCUT2D eigenvalue weighted by Gasteiger charge is 2.18. The van der Waals surface area contributed by atoms with Crippen LogP contribution in [0.2, 0.25) is 0 Å². The average Bonchev–Trinajstić information content (AvgIpc) is 2.34. The van der Waals surface area contributed by atoms with Gasteiger partial charge in [0.2, 0.25) is 10.0 Å². The standard InChI is InChI=1S/C11H13BrN2O5S/c1-14(2)10(15)6-19-11(16)8-5-7(20(13,17)18)3-4-9(8)12/h3-5H,6H2,1-2H3,(H2,13,17,18). The number of carbonyl (C=O) groups is 2. The van der Waals surface area contributed by atoms with Crippen LogP contribution in [0, 0.1) is 0 Å². The van der Waals surface area contributed by atoms with Crippen LogP contribution in [0.25, 0.3) is 0 Å². The maximum Gasteiger partial charge on any atom is 0.339 e. The normalized spacial score (nSPS) is 11.0. The minimum absolute atomic E-state index is 0.0249. The number of nitrogens with zero attached hydrogens (tertiary/aromatic N) is 1. The molecule has 0 fully saturated rings. The molecule has 0 radical (unpaired) electrons. The molecule has 7 nitrogen and oxygen atoms in total. The summed E-state index contributed by atoms with van der Waals surface area (Å²) in [6, 6.07) is 3.70. The van der Waals surface area contributed by atoms with E-state index >= 15 is 0 Å². The smallest absolute Gasteiger partial charge is 0.339 e. The summed E-state index contributed by atoms with van der Waals surface area (Å²) in [5.74, 6) is -1.21. The van der Waals surface area contributed by atoms with Crippen LogP contribution in [0.15, 0.2) is 27.6 Å². The highest BCUT2D eigenvalue weighted by atomic mass is 79.9. The van der Waals surface area contributed by atoms with Crippen LogP contribution in [-0.2, 0) is 19.6 Å². The fraction of sp³-hybridized carbons (Fsp3) is 0.273. The van der Waals surface area contributed by atoms with Crippen LogP contribution < -0.4 is 5.14 Å². The van der Waals surface area contributed by atoms with Crippen LogP contribution in [0.4, 0.5) is 0 Å². The van der Waals surface area contributed by atoms with Crippen LogP contribution in [0.3, 0.4) is 0 Å². The van der Waals surface area contributed by atoms with Crippen molar-refractivity contribution in [3.8, 4) is 0 Å². The molecule has 1 rings (SSSR count). The molecule has 0 atom stereocenters. The molecule has 110 valence electrons. The molecule has 0 bridgehead atoms. The summed E-state index contributed by atoms with van der Waals surface area (Å²) in [6.07, 6.45) is 0. The second-order valence-electron chi connectivity index (χ2n) is 4.05. The Bertz CT molecular complexity index is 642. The van der Waals surface area contributed by atoms with E-state index in [1.54, 1.807) is 0 Å². The van der Waals surface area contributed by atoms with Gasteiger partial charge in [-0.2, -0.15) is 0 Å². The van der Waals surface area contributed by atoms with Gasteiger partial charge in [-0.25, -0.2) is 18.4 Å². The Labute approximate surface area is 124 Å². The lowest BCUT2D eigenvalue weighted by atomic mass is 10.2. The number of esters is 1. The van der Waals surface area contributed by atoms with Crippen LogP contribution >= 0.6 is 15.9 Å². The number of carbonyl (C=O) groups excluding carboxylic acids is 2. The summed E-state index contributed by atoms with van der Waals surface area (Å²) in [5, 5.41) is 4.98. The molecule has 0 aliphatic carbocycles. The number of likely N-dealkylation sites (N-methyl/N-ethyl adjacent to an activating group) is 1. The molecule has 20 heavy (non-hydrogen) atoms. The number of primary sulfonamides is 1. The summed E-state index contributed by atoms with van der Waals surface area (Å²) in [7, 11) is -0.881. The molecule has 1 amide bonds. The van der Waals surface area contributed by atoms with Gasteiger partial charge in [0, 0.05) is 18.6 Å². The van der Waals surface area contributed by atoms with Crippen molar-refractivity contribution in [2.75, 3.05) is 20.7 Å². The molecule has 2 N–H and O–H groups in total. The van der Waals surface area contributed by atoms with Crippen molar-refractivity contribution in [3.63, 3.8) is 0 Å². The second kappa shape index (κ2) is 6.33. The first kappa shape index (κ1) is 16.6. The Morgan fingerprint density at radius 3 is 2.45 bits per heavy atom. The number of ether oxygens (including phenoxy) is 1. The Hall–Kier alpha value is -1.45. The van der Waals surface area contributed by atoms with Gasteiger partial charge in [0.15, 0.2) is 6.61 Å². The molecule has 0 heterocycles. The molecule has 0 spiro atoms. The van der Waals surface area contributed by atoms with E-state index in [0.717, 1.165) is 6.07 Å². The number of hydrogen-bond acceptors (Lipinski definition) is 5. The van der Waals surface area contributed by atoms with Crippen molar-refractivity contribution in [1.82, 2.24) is 4.90 Å². The molecule has 9 heteroatoms. The van der Waals surface area contributed by atoms with Gasteiger partial charge in [-0.3, -0.25) is 4.79 Å². The van der Waals surface area contributed by atoms with Gasteiger partial charge in [0.1, 0.15) is 0 Å². The molecule has 0 saturated heterocycles. The molecule has 0 saturated carbocycles. The number of amides is 1. The minimum Gasteiger partial charge on any atom is -0.452 e. The quantitative estimate of drug-likeness (QED) is 0.775. The number of halogens is 1. The first-order valence-electron chi connectivity index (χ1n) is 5.32. The largest absolute Gasteiger partial charge is 0.452 e. The predicted molar refractivity (Wildman–Crippen MR) is 74.5 cm³/mol. The third-order valence-electron chi connectivity index (χ3n) is 2.31. The molecule has 0 unspecified atom stereocenters. The van der Waals surface area contributed by atoms with E-state index in [1.807, 2.05) is 0 Å². The number of benzene rings is 1. The molecular formula is C11H13BrN2O5S. The number of sulfonamides is 1. The average molecular weight is 365 g/mol. The predicted octanol–water partition coefficient (Wildman–Crippen LogP) is 0.342. The third kappa shape index (κ3) is 4.29. The van der Waals surface area contributed by atoms with Gasteiger partial charge in [0.05, 0.1) is 10.5 Å². The van der Waals surface area contributed by atoms with Gasteiger partial charge in [-0.05, 0) is 34.1 Å². The summed E-state index contributed by atoms with van der Waals surface area (Å²) >= 11 is 3.10. The van der Waals surface area contributed by atoms with E-state index in [-0.39, 0.29) is 10.5 Å². The summed E-state index contributed by atoms with van der Waals surface area (Å²) in [6.45, 7) is -0.433. The first-order valence-corrected chi connectivity index (χ1v) is 7.66. The Morgan fingerprint density at radius 2 is 1.95 bits per heavy atom. The van der Waals surface area contributed by atoms with E-state index in [0.29, 0.717) is 4.47 Å². The van der Waals surface area contributed by atoms with Crippen molar-refractivity contribution in [2.45, 2.75) is 4.90 Å². The molecular weight excluding hydrogens is 352 g/mol. The van der Waals surface area contributed by atoms with Gasteiger partial charge >= 0.3 is 5.97 Å². The molecule has 0 aromatic heterocycles. The van der Waals surface area contributed by atoms with Crippen molar-refractivity contribution < 1.29 is 22.7 Å². The van der Waals surface area contributed by atoms with Crippen LogP contribution in [0.5, 0.6) is 0 Å². The van der Waals surface area contributed by atoms with Gasteiger partial charge < -0.3 is 9.64 Å². The van der Waals surface area contributed by atoms with E-state index in [4.69, 9.17) is 9.88 Å². The van der Waals surface area contributed by atoms with Gasteiger partial charge in [-0.1, -0.05) is 0 Å². The lowest BCUT2D eigenvalue weighted by molar-refractivity contribution is -0.131. The van der Waals surface area contributed by atoms with Crippen molar-refractivity contribution in [3.05, 3.63) is 28.2 Å². The number of nitrogens with two attached hydrogens (primary N) is 1. The zero-order valence-electron chi connectivity index (χ0n) is 10.8. The second-order valence-corrected chi connectivity index (χ2v) is 6.47. The fourth-order valence-electron chi connectivity index (χ4n) is 1.17. The Kier molecular flexibility index (Phi) is 5.26. The van der Waals surface area contributed by atoms with E-state index in [2.05, 4.69) is 15.9 Å². The number of rotatable bonds is 4. The monoisotopic (exact) mass is 364 g/mol. The topological polar surface area (TPSA) is 107 Å². The minimum atomic E-state index is -3.92. The first-order chi connectivity index (χ1) is 9.12. The summed E-state index contributed by atoms with van der Waals surface area (Å²) in [4.78, 5) is 24.2. The van der Waals surface area contributed by atoms with Crippen molar-refractivity contribution >= 4 is 37.8 Å². The van der Waals surface area contributed by atoms with Crippen molar-refractivity contribution in [2.24, 2.45) is 5.14 Å². The molecule has 0 aliphatic heterocycles. The Balaban J connectivity index is 2.96. The highest BCUT2D eigenvalue weighted by molar-refractivity contribution is 9.10. The van der Waals surface area contributed by atoms with Crippen LogP contribution in [0.1, 0.15) is 10.4 Å². The maximum absolute atomic E-state index is 11.8. The van der Waals surface area contributed by atoms with E-state index in [1.165, 1.54) is 31.1 Å². The van der Waals surface area contributed by atoms with Gasteiger partial charge in [0.25, 0.3) is 5.91 Å². The van der Waals surface area contributed by atoms with E-state index < -0.39 is 28.5 Å².